The van der Waals surface area contributed by atoms with Gasteiger partial charge in [0.05, 0.1) is 5.69 Å². The molecule has 0 spiro atoms. The largest absolute Gasteiger partial charge is 0.266 e. The Kier molecular flexibility index (Phi) is 2.04. The van der Waals surface area contributed by atoms with Gasteiger partial charge < -0.3 is 0 Å². The van der Waals surface area contributed by atoms with Crippen molar-refractivity contribution in [2.75, 3.05) is 0 Å². The molecular weight excluding hydrogens is 131 g/mol. The van der Waals surface area contributed by atoms with Gasteiger partial charge in [0.1, 0.15) is 0 Å². The summed E-state index contributed by atoms with van der Waals surface area (Å²) in [5.74, 6) is -0.315. The van der Waals surface area contributed by atoms with Gasteiger partial charge in [0.2, 0.25) is 0 Å². The summed E-state index contributed by atoms with van der Waals surface area (Å²) >= 11 is 0. The van der Waals surface area contributed by atoms with E-state index < -0.39 is 0 Å². The fourth-order valence-electron chi connectivity index (χ4n) is 0.942. The number of aryl methyl sites for hydroxylation is 1. The predicted octanol–water partition coefficient (Wildman–Crippen LogP) is 1.40. The van der Waals surface area contributed by atoms with Crippen molar-refractivity contribution in [2.45, 2.75) is 26.8 Å². The average molecular weight is 141 g/mol. The third kappa shape index (κ3) is 1.03. The molecule has 0 aromatic carbocycles. The van der Waals surface area contributed by atoms with Gasteiger partial charge in [-0.15, -0.1) is 0 Å². The van der Waals surface area contributed by atoms with E-state index in [1.807, 2.05) is 13.8 Å². The van der Waals surface area contributed by atoms with Crippen LogP contribution in [0.25, 0.3) is 0 Å². The fourth-order valence-corrected chi connectivity index (χ4v) is 0.942. The van der Waals surface area contributed by atoms with Gasteiger partial charge in [-0.25, -0.2) is 4.39 Å². The monoisotopic (exact) mass is 141 g/mol. The van der Waals surface area contributed by atoms with Crippen molar-refractivity contribution in [2.24, 2.45) is 0 Å². The maximum atomic E-state index is 12.7. The van der Waals surface area contributed by atoms with Gasteiger partial charge in [0, 0.05) is 6.54 Å². The molecule has 0 amide bonds. The number of halogens is 1. The molecule has 1 heterocycles. The number of rotatable bonds is 2. The highest BCUT2D eigenvalue weighted by Crippen LogP contribution is 2.05. The maximum Gasteiger partial charge on any atom is 0.174 e. The van der Waals surface area contributed by atoms with Gasteiger partial charge in [-0.3, -0.25) is 4.68 Å². The molecule has 0 saturated carbocycles. The third-order valence-corrected chi connectivity index (χ3v) is 1.47. The van der Waals surface area contributed by atoms with Crippen molar-refractivity contribution in [1.82, 2.24) is 9.78 Å². The first-order chi connectivity index (χ1) is 4.79. The summed E-state index contributed by atoms with van der Waals surface area (Å²) in [5.41, 5.74) is 0.641. The zero-order valence-corrected chi connectivity index (χ0v) is 6.19. The number of nitrogens with zero attached hydrogens (tertiary/aromatic N) is 2. The SMILES string of the molecule is CCc1c(F)[c]nn1CC. The lowest BCUT2D eigenvalue weighted by Gasteiger charge is -1.99. The molecule has 0 fully saturated rings. The number of hydrogen-bond acceptors (Lipinski definition) is 1. The van der Waals surface area contributed by atoms with Crippen molar-refractivity contribution >= 4 is 0 Å². The normalized spacial score (nSPS) is 10.3. The first kappa shape index (κ1) is 7.25. The van der Waals surface area contributed by atoms with Crippen LogP contribution in [0.1, 0.15) is 19.5 Å². The minimum atomic E-state index is -0.315. The van der Waals surface area contributed by atoms with Crippen molar-refractivity contribution in [1.29, 1.82) is 0 Å². The summed E-state index contributed by atoms with van der Waals surface area (Å²) in [5, 5.41) is 3.72. The predicted molar refractivity (Wildman–Crippen MR) is 36.1 cm³/mol. The van der Waals surface area contributed by atoms with Crippen molar-refractivity contribution < 1.29 is 4.39 Å². The number of hydrogen-bond donors (Lipinski definition) is 0. The molecule has 0 aliphatic heterocycles. The summed E-state index contributed by atoms with van der Waals surface area (Å²) in [7, 11) is 0. The van der Waals surface area contributed by atoms with E-state index in [0.717, 1.165) is 0 Å². The van der Waals surface area contributed by atoms with Gasteiger partial charge in [-0.2, -0.15) is 5.10 Å². The standard InChI is InChI=1S/C7H10FN2/c1-3-7-6(8)5-9-10(7)4-2/h3-4H2,1-2H3. The Hall–Kier alpha value is -0.860. The van der Waals surface area contributed by atoms with Gasteiger partial charge in [-0.1, -0.05) is 6.92 Å². The summed E-state index contributed by atoms with van der Waals surface area (Å²) in [6.07, 6.45) is 2.96. The zero-order valence-electron chi connectivity index (χ0n) is 6.19. The van der Waals surface area contributed by atoms with E-state index in [2.05, 4.69) is 11.3 Å². The van der Waals surface area contributed by atoms with Crippen LogP contribution in [0.15, 0.2) is 0 Å². The molecular formula is C7H10FN2. The average Bonchev–Trinajstić information content (AvgIpc) is 2.30. The Morgan fingerprint density at radius 1 is 1.60 bits per heavy atom. The second-order valence-corrected chi connectivity index (χ2v) is 2.04. The molecule has 55 valence electrons. The number of aromatic nitrogens is 2. The Labute approximate surface area is 59.7 Å². The molecule has 0 atom stereocenters. The summed E-state index contributed by atoms with van der Waals surface area (Å²) in [6, 6.07) is 0. The smallest absolute Gasteiger partial charge is 0.174 e. The Balaban J connectivity index is 3.01. The topological polar surface area (TPSA) is 17.8 Å². The van der Waals surface area contributed by atoms with Gasteiger partial charge >= 0.3 is 0 Å². The molecule has 1 radical (unpaired) electrons. The molecule has 3 heteroatoms. The second-order valence-electron chi connectivity index (χ2n) is 2.04. The lowest BCUT2D eigenvalue weighted by atomic mass is 10.3. The van der Waals surface area contributed by atoms with Crippen LogP contribution in [0.5, 0.6) is 0 Å². The van der Waals surface area contributed by atoms with Crippen molar-refractivity contribution in [3.05, 3.63) is 17.7 Å². The van der Waals surface area contributed by atoms with Crippen molar-refractivity contribution in [3.63, 3.8) is 0 Å². The van der Waals surface area contributed by atoms with Crippen LogP contribution < -0.4 is 0 Å². The molecule has 0 bridgehead atoms. The van der Waals surface area contributed by atoms with Gasteiger partial charge in [0.25, 0.3) is 0 Å². The molecule has 0 aliphatic rings. The summed E-state index contributed by atoms with van der Waals surface area (Å²) < 4.78 is 14.3. The molecule has 1 rings (SSSR count). The van der Waals surface area contributed by atoms with E-state index in [9.17, 15) is 4.39 Å². The lowest BCUT2D eigenvalue weighted by Crippen LogP contribution is -2.01. The first-order valence-corrected chi connectivity index (χ1v) is 3.42. The van der Waals surface area contributed by atoms with Crippen LogP contribution >= 0.6 is 0 Å². The first-order valence-electron chi connectivity index (χ1n) is 3.42. The van der Waals surface area contributed by atoms with Crippen LogP contribution in [0, 0.1) is 12.0 Å². The van der Waals surface area contributed by atoms with Crippen LogP contribution in [-0.2, 0) is 13.0 Å². The van der Waals surface area contributed by atoms with Gasteiger partial charge in [0.15, 0.2) is 12.0 Å². The quantitative estimate of drug-likeness (QED) is 0.608. The minimum absolute atomic E-state index is 0.315. The van der Waals surface area contributed by atoms with E-state index in [0.29, 0.717) is 18.7 Å². The molecule has 0 aliphatic carbocycles. The van der Waals surface area contributed by atoms with Crippen LogP contribution in [0.3, 0.4) is 0 Å². The van der Waals surface area contributed by atoms with Crippen LogP contribution in [-0.4, -0.2) is 9.78 Å². The van der Waals surface area contributed by atoms with E-state index >= 15 is 0 Å². The summed E-state index contributed by atoms with van der Waals surface area (Å²) in [4.78, 5) is 0. The highest BCUT2D eigenvalue weighted by molar-refractivity contribution is 5.02. The molecule has 0 unspecified atom stereocenters. The second kappa shape index (κ2) is 2.82. The van der Waals surface area contributed by atoms with E-state index in [1.54, 1.807) is 4.68 Å². The fraction of sp³-hybridized carbons (Fsp3) is 0.571. The van der Waals surface area contributed by atoms with Crippen molar-refractivity contribution in [3.8, 4) is 0 Å². The van der Waals surface area contributed by atoms with Crippen LogP contribution in [0.4, 0.5) is 4.39 Å². The molecule has 1 aromatic heterocycles. The Morgan fingerprint density at radius 2 is 2.30 bits per heavy atom. The molecule has 0 N–H and O–H groups in total. The molecule has 10 heavy (non-hydrogen) atoms. The Morgan fingerprint density at radius 3 is 2.70 bits per heavy atom. The molecule has 1 aromatic rings. The van der Waals surface area contributed by atoms with Crippen LogP contribution in [0.2, 0.25) is 0 Å². The van der Waals surface area contributed by atoms with E-state index in [1.165, 1.54) is 0 Å². The maximum absolute atomic E-state index is 12.7. The van der Waals surface area contributed by atoms with E-state index in [4.69, 9.17) is 0 Å². The summed E-state index contributed by atoms with van der Waals surface area (Å²) in [6.45, 7) is 4.54. The van der Waals surface area contributed by atoms with Gasteiger partial charge in [-0.05, 0) is 13.3 Å². The van der Waals surface area contributed by atoms with E-state index in [-0.39, 0.29) is 5.82 Å². The highest BCUT2D eigenvalue weighted by Gasteiger charge is 2.06. The minimum Gasteiger partial charge on any atom is -0.266 e. The highest BCUT2D eigenvalue weighted by atomic mass is 19.1. The Bertz CT molecular complexity index is 217. The molecule has 0 saturated heterocycles. The lowest BCUT2D eigenvalue weighted by molar-refractivity contribution is 0.579. The molecule has 2 nitrogen and oxygen atoms in total. The third-order valence-electron chi connectivity index (χ3n) is 1.47. The zero-order chi connectivity index (χ0) is 7.56.